The average Bonchev–Trinajstić information content (AvgIpc) is 2.82. The number of carbonyl (C=O) groups excluding carboxylic acids is 1. The van der Waals surface area contributed by atoms with Gasteiger partial charge >= 0.3 is 0 Å². The Hall–Kier alpha value is -2.75. The van der Waals surface area contributed by atoms with Crippen molar-refractivity contribution in [2.75, 3.05) is 30.3 Å². The molecule has 0 heterocycles. The minimum atomic E-state index is -4.12. The predicted molar refractivity (Wildman–Crippen MR) is 129 cm³/mol. The first-order valence-corrected chi connectivity index (χ1v) is 12.7. The number of halogens is 2. The molecular weight excluding hydrogens is 487 g/mol. The summed E-state index contributed by atoms with van der Waals surface area (Å²) in [6.07, 6.45) is 0. The smallest absolute Gasteiger partial charge is 0.264 e. The maximum Gasteiger partial charge on any atom is 0.264 e. The van der Waals surface area contributed by atoms with Crippen LogP contribution in [0.25, 0.3) is 0 Å². The van der Waals surface area contributed by atoms with E-state index in [0.717, 1.165) is 21.3 Å². The Morgan fingerprint density at radius 2 is 1.67 bits per heavy atom. The van der Waals surface area contributed by atoms with Gasteiger partial charge in [0.2, 0.25) is 5.91 Å². The number of amides is 1. The average molecular weight is 509 g/mol. The van der Waals surface area contributed by atoms with Gasteiger partial charge in [-0.2, -0.15) is 0 Å². The number of hydrogen-bond donors (Lipinski definition) is 1. The molecule has 10 heteroatoms. The van der Waals surface area contributed by atoms with Crippen molar-refractivity contribution in [3.8, 4) is 5.75 Å². The quantitative estimate of drug-likeness (QED) is 0.320. The van der Waals surface area contributed by atoms with Gasteiger partial charge in [-0.3, -0.25) is 9.10 Å². The highest BCUT2D eigenvalue weighted by molar-refractivity contribution is 7.99. The van der Waals surface area contributed by atoms with E-state index < -0.39 is 28.3 Å². The van der Waals surface area contributed by atoms with Crippen LogP contribution in [0.3, 0.4) is 0 Å². The van der Waals surface area contributed by atoms with E-state index >= 15 is 0 Å². The highest BCUT2D eigenvalue weighted by Crippen LogP contribution is 2.26. The molecule has 3 aromatic carbocycles. The summed E-state index contributed by atoms with van der Waals surface area (Å²) in [4.78, 5) is 13.5. The molecule has 1 amide bonds. The van der Waals surface area contributed by atoms with Gasteiger partial charge in [-0.15, -0.1) is 11.8 Å². The van der Waals surface area contributed by atoms with Crippen molar-refractivity contribution < 1.29 is 22.3 Å². The number of nitrogens with zero attached hydrogens (tertiary/aromatic N) is 1. The third kappa shape index (κ3) is 6.86. The summed E-state index contributed by atoms with van der Waals surface area (Å²) in [6.45, 7) is -0.0865. The van der Waals surface area contributed by atoms with Crippen LogP contribution < -0.4 is 14.4 Å². The van der Waals surface area contributed by atoms with Crippen LogP contribution in [0.15, 0.2) is 82.6 Å². The Morgan fingerprint density at radius 1 is 1.03 bits per heavy atom. The zero-order valence-corrected chi connectivity index (χ0v) is 20.1. The van der Waals surface area contributed by atoms with Gasteiger partial charge in [0.15, 0.2) is 0 Å². The summed E-state index contributed by atoms with van der Waals surface area (Å²) in [6, 6.07) is 18.1. The first-order chi connectivity index (χ1) is 15.8. The third-order valence-corrected chi connectivity index (χ3v) is 7.61. The van der Waals surface area contributed by atoms with Gasteiger partial charge in [0.25, 0.3) is 10.0 Å². The molecule has 3 rings (SSSR count). The molecule has 0 saturated heterocycles. The fourth-order valence-corrected chi connectivity index (χ4v) is 5.19. The lowest BCUT2D eigenvalue weighted by Crippen LogP contribution is -2.41. The van der Waals surface area contributed by atoms with E-state index in [0.29, 0.717) is 23.1 Å². The van der Waals surface area contributed by atoms with Gasteiger partial charge in [-0.1, -0.05) is 11.6 Å². The molecule has 0 radical (unpaired) electrons. The van der Waals surface area contributed by atoms with Gasteiger partial charge < -0.3 is 10.1 Å². The molecule has 0 atom stereocenters. The Labute approximate surface area is 201 Å². The van der Waals surface area contributed by atoms with E-state index in [1.165, 1.54) is 31.0 Å². The molecular formula is C23H22ClFN2O4S2. The molecule has 0 bridgehead atoms. The van der Waals surface area contributed by atoms with Crippen molar-refractivity contribution in [1.82, 2.24) is 5.32 Å². The summed E-state index contributed by atoms with van der Waals surface area (Å²) >= 11 is 7.41. The molecule has 33 heavy (non-hydrogen) atoms. The largest absolute Gasteiger partial charge is 0.497 e. The first kappa shape index (κ1) is 24.9. The van der Waals surface area contributed by atoms with Crippen LogP contribution in [0.2, 0.25) is 5.02 Å². The van der Waals surface area contributed by atoms with Crippen molar-refractivity contribution in [3.05, 3.63) is 83.6 Å². The number of ether oxygens (including phenoxy) is 1. The van der Waals surface area contributed by atoms with Crippen LogP contribution in [0.5, 0.6) is 5.75 Å². The lowest BCUT2D eigenvalue weighted by Gasteiger charge is -2.24. The van der Waals surface area contributed by atoms with Crippen LogP contribution in [-0.2, 0) is 14.8 Å². The number of thioether (sulfide) groups is 1. The Kier molecular flexibility index (Phi) is 8.60. The fraction of sp³-hybridized carbons (Fsp3) is 0.174. The number of benzene rings is 3. The number of methoxy groups -OCH3 is 1. The summed E-state index contributed by atoms with van der Waals surface area (Å²) < 4.78 is 45.9. The second-order valence-corrected chi connectivity index (χ2v) is 10.3. The SMILES string of the molecule is COc1ccc(N(CC(=O)NCCSc2ccc(Cl)cc2)S(=O)(=O)c2ccc(F)cc2)cc1. The van der Waals surface area contributed by atoms with Gasteiger partial charge in [0.05, 0.1) is 17.7 Å². The van der Waals surface area contributed by atoms with E-state index in [-0.39, 0.29) is 10.6 Å². The van der Waals surface area contributed by atoms with Crippen molar-refractivity contribution in [2.24, 2.45) is 0 Å². The minimum Gasteiger partial charge on any atom is -0.497 e. The van der Waals surface area contributed by atoms with Crippen LogP contribution in [0.4, 0.5) is 10.1 Å². The maximum absolute atomic E-state index is 13.3. The molecule has 0 saturated carbocycles. The van der Waals surface area contributed by atoms with Crippen LogP contribution >= 0.6 is 23.4 Å². The highest BCUT2D eigenvalue weighted by Gasteiger charge is 2.27. The van der Waals surface area contributed by atoms with Gasteiger partial charge in [0, 0.05) is 22.2 Å². The topological polar surface area (TPSA) is 75.7 Å². The molecule has 0 fully saturated rings. The molecule has 0 aliphatic carbocycles. The molecule has 0 unspecified atom stereocenters. The number of nitrogens with one attached hydrogen (secondary N) is 1. The summed E-state index contributed by atoms with van der Waals surface area (Å²) in [5.74, 6) is 0.122. The number of carbonyl (C=O) groups is 1. The second kappa shape index (κ2) is 11.4. The zero-order chi connectivity index (χ0) is 23.8. The number of hydrogen-bond acceptors (Lipinski definition) is 5. The van der Waals surface area contributed by atoms with Crippen LogP contribution in [-0.4, -0.2) is 40.3 Å². The lowest BCUT2D eigenvalue weighted by molar-refractivity contribution is -0.119. The normalized spacial score (nSPS) is 11.1. The van der Waals surface area contributed by atoms with E-state index in [1.807, 2.05) is 12.1 Å². The monoisotopic (exact) mass is 508 g/mol. The van der Waals surface area contributed by atoms with E-state index in [9.17, 15) is 17.6 Å². The summed E-state index contributed by atoms with van der Waals surface area (Å²) in [5.41, 5.74) is 0.283. The summed E-state index contributed by atoms with van der Waals surface area (Å²) in [5, 5.41) is 3.39. The van der Waals surface area contributed by atoms with Crippen LogP contribution in [0.1, 0.15) is 0 Å². The Bertz CT molecular complexity index is 1170. The number of rotatable bonds is 10. The lowest BCUT2D eigenvalue weighted by atomic mass is 10.3. The predicted octanol–water partition coefficient (Wildman–Crippen LogP) is 4.59. The van der Waals surface area contributed by atoms with Crippen molar-refractivity contribution in [3.63, 3.8) is 0 Å². The van der Waals surface area contributed by atoms with Crippen molar-refractivity contribution >= 4 is 45.0 Å². The standard InChI is InChI=1S/C23H22ClFN2O4S2/c1-31-20-8-6-19(7-9-20)27(33(29,30)22-12-4-18(25)5-13-22)16-23(28)26-14-15-32-21-10-2-17(24)3-11-21/h2-13H,14-16H2,1H3,(H,26,28). The fourth-order valence-electron chi connectivity index (χ4n) is 2.87. The molecule has 3 aromatic rings. The van der Waals surface area contributed by atoms with Gasteiger partial charge in [0.1, 0.15) is 18.1 Å². The Morgan fingerprint density at radius 3 is 2.27 bits per heavy atom. The third-order valence-electron chi connectivity index (χ3n) is 4.56. The maximum atomic E-state index is 13.3. The van der Waals surface area contributed by atoms with Gasteiger partial charge in [-0.25, -0.2) is 12.8 Å². The molecule has 1 N–H and O–H groups in total. The highest BCUT2D eigenvalue weighted by atomic mass is 35.5. The van der Waals surface area contributed by atoms with Crippen molar-refractivity contribution in [1.29, 1.82) is 0 Å². The molecule has 0 spiro atoms. The van der Waals surface area contributed by atoms with Gasteiger partial charge in [-0.05, 0) is 72.8 Å². The first-order valence-electron chi connectivity index (χ1n) is 9.87. The van der Waals surface area contributed by atoms with Crippen molar-refractivity contribution in [2.45, 2.75) is 9.79 Å². The molecule has 0 aliphatic heterocycles. The van der Waals surface area contributed by atoms with Crippen LogP contribution in [0, 0.1) is 5.82 Å². The molecule has 6 nitrogen and oxygen atoms in total. The second-order valence-electron chi connectivity index (χ2n) is 6.82. The zero-order valence-electron chi connectivity index (χ0n) is 17.7. The molecule has 174 valence electrons. The Balaban J connectivity index is 1.71. The van der Waals surface area contributed by atoms with E-state index in [2.05, 4.69) is 5.32 Å². The minimum absolute atomic E-state index is 0.120. The molecule has 0 aromatic heterocycles. The molecule has 0 aliphatic rings. The number of sulfonamides is 1. The van der Waals surface area contributed by atoms with E-state index in [4.69, 9.17) is 16.3 Å². The number of anilines is 1. The van der Waals surface area contributed by atoms with E-state index in [1.54, 1.807) is 36.4 Å². The summed E-state index contributed by atoms with van der Waals surface area (Å²) in [7, 11) is -2.62.